The van der Waals surface area contributed by atoms with Gasteiger partial charge < -0.3 is 19.5 Å². The summed E-state index contributed by atoms with van der Waals surface area (Å²) in [5.74, 6) is 1.16. The minimum Gasteiger partial charge on any atom is -0.497 e. The number of benzene rings is 2. The van der Waals surface area contributed by atoms with E-state index in [2.05, 4.69) is 26.1 Å². The summed E-state index contributed by atoms with van der Waals surface area (Å²) in [6.45, 7) is 8.43. The topological polar surface area (TPSA) is 56.8 Å². The Hall–Kier alpha value is -2.53. The molecular weight excluding hydrogens is 342 g/mol. The zero-order valence-electron chi connectivity index (χ0n) is 17.0. The van der Waals surface area contributed by atoms with Crippen LogP contribution in [0, 0.1) is 0 Å². The summed E-state index contributed by atoms with van der Waals surface area (Å²) in [4.78, 5) is 12.6. The molecule has 0 aromatic heterocycles. The average molecular weight is 371 g/mol. The fourth-order valence-electron chi connectivity index (χ4n) is 2.57. The van der Waals surface area contributed by atoms with Gasteiger partial charge >= 0.3 is 0 Å². The van der Waals surface area contributed by atoms with Crippen molar-refractivity contribution in [3.8, 4) is 11.5 Å². The van der Waals surface area contributed by atoms with Crippen molar-refractivity contribution in [3.05, 3.63) is 53.6 Å². The van der Waals surface area contributed by atoms with E-state index < -0.39 is 6.10 Å². The number of methoxy groups -OCH3 is 2. The quantitative estimate of drug-likeness (QED) is 0.776. The van der Waals surface area contributed by atoms with Crippen LogP contribution in [-0.2, 0) is 21.6 Å². The molecule has 1 atom stereocenters. The summed E-state index contributed by atoms with van der Waals surface area (Å²) >= 11 is 0. The van der Waals surface area contributed by atoms with Crippen molar-refractivity contribution in [1.29, 1.82) is 0 Å². The molecule has 5 heteroatoms. The summed E-state index contributed by atoms with van der Waals surface area (Å²) in [5.41, 5.74) is 2.68. The predicted octanol–water partition coefficient (Wildman–Crippen LogP) is 4.55. The Balaban J connectivity index is 2.05. The van der Waals surface area contributed by atoms with Crippen LogP contribution in [0.5, 0.6) is 11.5 Å². The minimum absolute atomic E-state index is 0.0275. The fraction of sp³-hybridized carbons (Fsp3) is 0.409. The van der Waals surface area contributed by atoms with Gasteiger partial charge in [0, 0.05) is 0 Å². The Kier molecular flexibility index (Phi) is 6.86. The lowest BCUT2D eigenvalue weighted by atomic mass is 9.87. The number of hydrogen-bond acceptors (Lipinski definition) is 4. The van der Waals surface area contributed by atoms with Crippen LogP contribution >= 0.6 is 0 Å². The molecule has 0 radical (unpaired) electrons. The number of nitrogens with one attached hydrogen (secondary N) is 1. The maximum Gasteiger partial charge on any atom is 0.253 e. The van der Waals surface area contributed by atoms with E-state index in [0.717, 1.165) is 16.9 Å². The Labute approximate surface area is 161 Å². The SMILES string of the molecule is COc1cccc(CO[C@@H](C)C(=O)Nc2cc(C(C)(C)C)ccc2OC)c1. The number of carbonyl (C=O) groups excluding carboxylic acids is 1. The molecule has 0 unspecified atom stereocenters. The number of rotatable bonds is 7. The van der Waals surface area contributed by atoms with Gasteiger partial charge in [-0.1, -0.05) is 39.0 Å². The monoisotopic (exact) mass is 371 g/mol. The second kappa shape index (κ2) is 8.91. The van der Waals surface area contributed by atoms with Crippen molar-refractivity contribution < 1.29 is 19.0 Å². The second-order valence-corrected chi connectivity index (χ2v) is 7.46. The van der Waals surface area contributed by atoms with E-state index in [0.29, 0.717) is 18.0 Å². The molecule has 1 amide bonds. The third-order valence-corrected chi connectivity index (χ3v) is 4.33. The zero-order chi connectivity index (χ0) is 20.0. The molecule has 0 saturated heterocycles. The van der Waals surface area contributed by atoms with Crippen molar-refractivity contribution in [3.63, 3.8) is 0 Å². The van der Waals surface area contributed by atoms with Crippen LogP contribution in [0.1, 0.15) is 38.8 Å². The smallest absolute Gasteiger partial charge is 0.253 e. The zero-order valence-corrected chi connectivity index (χ0v) is 17.0. The lowest BCUT2D eigenvalue weighted by Gasteiger charge is -2.22. The van der Waals surface area contributed by atoms with Gasteiger partial charge in [0.25, 0.3) is 5.91 Å². The largest absolute Gasteiger partial charge is 0.497 e. The van der Waals surface area contributed by atoms with E-state index in [1.165, 1.54) is 0 Å². The Morgan fingerprint density at radius 2 is 1.81 bits per heavy atom. The molecule has 2 aromatic rings. The first-order valence-electron chi connectivity index (χ1n) is 8.98. The van der Waals surface area contributed by atoms with Gasteiger partial charge in [-0.25, -0.2) is 0 Å². The first kappa shape index (κ1) is 20.8. The third kappa shape index (κ3) is 5.73. The van der Waals surface area contributed by atoms with Crippen molar-refractivity contribution in [2.24, 2.45) is 0 Å². The maximum atomic E-state index is 12.6. The molecule has 0 fully saturated rings. The van der Waals surface area contributed by atoms with Crippen LogP contribution in [0.4, 0.5) is 5.69 Å². The van der Waals surface area contributed by atoms with Crippen molar-refractivity contribution in [1.82, 2.24) is 0 Å². The highest BCUT2D eigenvalue weighted by Gasteiger charge is 2.19. The summed E-state index contributed by atoms with van der Waals surface area (Å²) in [7, 11) is 3.21. The van der Waals surface area contributed by atoms with E-state index in [9.17, 15) is 4.79 Å². The minimum atomic E-state index is -0.612. The average Bonchev–Trinajstić information content (AvgIpc) is 2.65. The van der Waals surface area contributed by atoms with E-state index in [-0.39, 0.29) is 11.3 Å². The van der Waals surface area contributed by atoms with E-state index in [1.807, 2.05) is 42.5 Å². The molecule has 5 nitrogen and oxygen atoms in total. The first-order valence-corrected chi connectivity index (χ1v) is 8.98. The number of hydrogen-bond donors (Lipinski definition) is 1. The third-order valence-electron chi connectivity index (χ3n) is 4.33. The lowest BCUT2D eigenvalue weighted by molar-refractivity contribution is -0.127. The molecule has 2 rings (SSSR count). The molecule has 27 heavy (non-hydrogen) atoms. The summed E-state index contributed by atoms with van der Waals surface area (Å²) in [6.07, 6.45) is -0.612. The van der Waals surface area contributed by atoms with E-state index in [4.69, 9.17) is 14.2 Å². The first-order chi connectivity index (χ1) is 12.7. The molecule has 1 N–H and O–H groups in total. The van der Waals surface area contributed by atoms with Crippen LogP contribution in [0.2, 0.25) is 0 Å². The molecular formula is C22H29NO4. The van der Waals surface area contributed by atoms with Crippen LogP contribution in [0.3, 0.4) is 0 Å². The predicted molar refractivity (Wildman–Crippen MR) is 108 cm³/mol. The van der Waals surface area contributed by atoms with Gasteiger partial charge in [-0.15, -0.1) is 0 Å². The van der Waals surface area contributed by atoms with Crippen LogP contribution < -0.4 is 14.8 Å². The van der Waals surface area contributed by atoms with Crippen molar-refractivity contribution in [2.75, 3.05) is 19.5 Å². The van der Waals surface area contributed by atoms with E-state index >= 15 is 0 Å². The standard InChI is InChI=1S/C22H29NO4/c1-15(27-14-16-8-7-9-18(12-16)25-5)21(24)23-19-13-17(22(2,3)4)10-11-20(19)26-6/h7-13,15H,14H2,1-6H3,(H,23,24)/t15-/m0/s1. The molecule has 0 aliphatic rings. The molecule has 146 valence electrons. The highest BCUT2D eigenvalue weighted by atomic mass is 16.5. The van der Waals surface area contributed by atoms with Gasteiger partial charge in [0.15, 0.2) is 0 Å². The van der Waals surface area contributed by atoms with Gasteiger partial charge in [0.1, 0.15) is 17.6 Å². The van der Waals surface area contributed by atoms with Gasteiger partial charge in [-0.3, -0.25) is 4.79 Å². The number of amides is 1. The van der Waals surface area contributed by atoms with Crippen molar-refractivity contribution in [2.45, 2.75) is 45.8 Å². The Bertz CT molecular complexity index is 780. The molecule has 0 aliphatic carbocycles. The summed E-state index contributed by atoms with van der Waals surface area (Å²) in [5, 5.41) is 2.92. The van der Waals surface area contributed by atoms with Gasteiger partial charge in [-0.05, 0) is 47.7 Å². The lowest BCUT2D eigenvalue weighted by Crippen LogP contribution is -2.28. The Morgan fingerprint density at radius 3 is 2.44 bits per heavy atom. The highest BCUT2D eigenvalue weighted by molar-refractivity contribution is 5.95. The molecule has 2 aromatic carbocycles. The normalized spacial score (nSPS) is 12.4. The summed E-state index contributed by atoms with van der Waals surface area (Å²) < 4.78 is 16.3. The maximum absolute atomic E-state index is 12.6. The van der Waals surface area contributed by atoms with Gasteiger partial charge in [0.2, 0.25) is 0 Å². The Morgan fingerprint density at radius 1 is 1.07 bits per heavy atom. The van der Waals surface area contributed by atoms with Gasteiger partial charge in [-0.2, -0.15) is 0 Å². The second-order valence-electron chi connectivity index (χ2n) is 7.46. The number of anilines is 1. The fourth-order valence-corrected chi connectivity index (χ4v) is 2.57. The molecule has 0 spiro atoms. The van der Waals surface area contributed by atoms with Crippen LogP contribution in [0.15, 0.2) is 42.5 Å². The highest BCUT2D eigenvalue weighted by Crippen LogP contribution is 2.31. The number of ether oxygens (including phenoxy) is 3. The molecule has 0 bridgehead atoms. The van der Waals surface area contributed by atoms with E-state index in [1.54, 1.807) is 21.1 Å². The van der Waals surface area contributed by atoms with Crippen molar-refractivity contribution >= 4 is 11.6 Å². The number of carbonyl (C=O) groups is 1. The van der Waals surface area contributed by atoms with Crippen LogP contribution in [0.25, 0.3) is 0 Å². The molecule has 0 aliphatic heterocycles. The van der Waals surface area contributed by atoms with Crippen LogP contribution in [-0.4, -0.2) is 26.2 Å². The van der Waals surface area contributed by atoms with Gasteiger partial charge in [0.05, 0.1) is 26.5 Å². The summed E-state index contributed by atoms with van der Waals surface area (Å²) in [6, 6.07) is 13.4. The molecule has 0 heterocycles. The molecule has 0 saturated carbocycles.